The minimum absolute atomic E-state index is 0.414. The zero-order valence-electron chi connectivity index (χ0n) is 12.1. The van der Waals surface area contributed by atoms with E-state index in [-0.39, 0.29) is 0 Å². The Balaban J connectivity index is 2.36. The second-order valence-electron chi connectivity index (χ2n) is 4.12. The molecule has 0 saturated carbocycles. The first-order chi connectivity index (χ1) is 10.2. The maximum Gasteiger partial charge on any atom is 0.203 e. The molecule has 0 unspecified atom stereocenters. The third-order valence-electron chi connectivity index (χ3n) is 2.92. The van der Waals surface area contributed by atoms with Gasteiger partial charge in [-0.05, 0) is 30.3 Å². The Labute approximate surface area is 123 Å². The molecule has 21 heavy (non-hydrogen) atoms. The van der Waals surface area contributed by atoms with Crippen LogP contribution in [0.4, 0.5) is 0 Å². The van der Waals surface area contributed by atoms with Crippen molar-refractivity contribution in [3.63, 3.8) is 0 Å². The molecular weight excluding hydrogens is 272 g/mol. The highest BCUT2D eigenvalue weighted by atomic mass is 16.5. The van der Waals surface area contributed by atoms with Gasteiger partial charge in [0.1, 0.15) is 11.5 Å². The third-order valence-corrected chi connectivity index (χ3v) is 2.92. The molecule has 0 aliphatic rings. The number of aldehydes is 1. The Bertz CT molecular complexity index is 637. The number of para-hydroxylation sites is 1. The van der Waals surface area contributed by atoms with Crippen molar-refractivity contribution < 1.29 is 23.7 Å². The van der Waals surface area contributed by atoms with E-state index >= 15 is 0 Å². The summed E-state index contributed by atoms with van der Waals surface area (Å²) >= 11 is 0. The maximum atomic E-state index is 11.0. The number of carbonyl (C=O) groups is 1. The van der Waals surface area contributed by atoms with Crippen LogP contribution in [-0.4, -0.2) is 27.6 Å². The Kier molecular flexibility index (Phi) is 4.66. The molecule has 0 saturated heterocycles. The average molecular weight is 288 g/mol. The van der Waals surface area contributed by atoms with Crippen LogP contribution >= 0.6 is 0 Å². The second-order valence-corrected chi connectivity index (χ2v) is 4.12. The summed E-state index contributed by atoms with van der Waals surface area (Å²) in [6.45, 7) is 0. The average Bonchev–Trinajstić information content (AvgIpc) is 2.54. The molecule has 0 N–H and O–H groups in total. The number of methoxy groups -OCH3 is 3. The van der Waals surface area contributed by atoms with Gasteiger partial charge in [0.15, 0.2) is 17.8 Å². The van der Waals surface area contributed by atoms with E-state index in [2.05, 4.69) is 0 Å². The molecular formula is C16H16O5. The summed E-state index contributed by atoms with van der Waals surface area (Å²) in [6, 6.07) is 10.3. The quantitative estimate of drug-likeness (QED) is 0.763. The standard InChI is InChI=1S/C16H16O5/c1-18-13-8-7-12(9-11(13)10-17)21-15-6-4-5-14(19-2)16(15)20-3/h4-10H,1-3H3. The molecule has 2 aromatic rings. The topological polar surface area (TPSA) is 54.0 Å². The lowest BCUT2D eigenvalue weighted by Gasteiger charge is -2.14. The molecule has 5 nitrogen and oxygen atoms in total. The first-order valence-corrected chi connectivity index (χ1v) is 6.25. The van der Waals surface area contributed by atoms with E-state index in [1.54, 1.807) is 43.5 Å². The molecule has 0 radical (unpaired) electrons. The molecule has 0 aliphatic heterocycles. The normalized spacial score (nSPS) is 9.86. The Morgan fingerprint density at radius 3 is 2.19 bits per heavy atom. The van der Waals surface area contributed by atoms with Gasteiger partial charge in [-0.15, -0.1) is 0 Å². The van der Waals surface area contributed by atoms with Crippen LogP contribution in [0.25, 0.3) is 0 Å². The molecule has 0 heterocycles. The van der Waals surface area contributed by atoms with Crippen LogP contribution in [0, 0.1) is 0 Å². The predicted molar refractivity (Wildman–Crippen MR) is 78.0 cm³/mol. The van der Waals surface area contributed by atoms with Crippen LogP contribution < -0.4 is 18.9 Å². The lowest BCUT2D eigenvalue weighted by Crippen LogP contribution is -1.95. The van der Waals surface area contributed by atoms with E-state index in [9.17, 15) is 4.79 Å². The number of benzene rings is 2. The van der Waals surface area contributed by atoms with Gasteiger partial charge in [-0.25, -0.2) is 0 Å². The number of hydrogen-bond acceptors (Lipinski definition) is 5. The van der Waals surface area contributed by atoms with Crippen molar-refractivity contribution in [3.8, 4) is 28.7 Å². The molecule has 0 amide bonds. The van der Waals surface area contributed by atoms with Crippen LogP contribution in [0.2, 0.25) is 0 Å². The smallest absolute Gasteiger partial charge is 0.203 e. The number of ether oxygens (including phenoxy) is 4. The molecule has 0 spiro atoms. The van der Waals surface area contributed by atoms with Crippen molar-refractivity contribution in [1.82, 2.24) is 0 Å². The van der Waals surface area contributed by atoms with Crippen LogP contribution in [0.1, 0.15) is 10.4 Å². The first-order valence-electron chi connectivity index (χ1n) is 6.25. The van der Waals surface area contributed by atoms with Crippen molar-refractivity contribution >= 4 is 6.29 Å². The maximum absolute atomic E-state index is 11.0. The van der Waals surface area contributed by atoms with Crippen molar-refractivity contribution in [2.45, 2.75) is 0 Å². The number of hydrogen-bond donors (Lipinski definition) is 0. The zero-order valence-corrected chi connectivity index (χ0v) is 12.1. The lowest BCUT2D eigenvalue weighted by atomic mass is 10.2. The van der Waals surface area contributed by atoms with Gasteiger partial charge in [0.05, 0.1) is 26.9 Å². The van der Waals surface area contributed by atoms with Crippen LogP contribution in [0.5, 0.6) is 28.7 Å². The monoisotopic (exact) mass is 288 g/mol. The summed E-state index contributed by atoms with van der Waals surface area (Å²) in [5, 5.41) is 0. The Morgan fingerprint density at radius 1 is 0.857 bits per heavy atom. The van der Waals surface area contributed by atoms with Gasteiger partial charge >= 0.3 is 0 Å². The summed E-state index contributed by atoms with van der Waals surface area (Å²) in [4.78, 5) is 11.0. The van der Waals surface area contributed by atoms with E-state index in [4.69, 9.17) is 18.9 Å². The van der Waals surface area contributed by atoms with Gasteiger partial charge in [0.2, 0.25) is 5.75 Å². The number of carbonyl (C=O) groups excluding carboxylic acids is 1. The molecule has 110 valence electrons. The highest BCUT2D eigenvalue weighted by Crippen LogP contribution is 2.39. The molecule has 0 aliphatic carbocycles. The summed E-state index contributed by atoms with van der Waals surface area (Å²) < 4.78 is 21.4. The summed E-state index contributed by atoms with van der Waals surface area (Å²) in [6.07, 6.45) is 0.717. The molecule has 2 rings (SSSR count). The molecule has 0 atom stereocenters. The molecule has 5 heteroatoms. The highest BCUT2D eigenvalue weighted by molar-refractivity contribution is 5.80. The minimum Gasteiger partial charge on any atom is -0.496 e. The lowest BCUT2D eigenvalue weighted by molar-refractivity contribution is 0.112. The van der Waals surface area contributed by atoms with Crippen LogP contribution in [-0.2, 0) is 0 Å². The van der Waals surface area contributed by atoms with E-state index in [0.29, 0.717) is 40.6 Å². The summed E-state index contributed by atoms with van der Waals surface area (Å²) in [5.41, 5.74) is 0.414. The van der Waals surface area contributed by atoms with E-state index in [1.165, 1.54) is 14.2 Å². The largest absolute Gasteiger partial charge is 0.496 e. The molecule has 2 aromatic carbocycles. The van der Waals surface area contributed by atoms with Gasteiger partial charge in [-0.2, -0.15) is 0 Å². The van der Waals surface area contributed by atoms with E-state index < -0.39 is 0 Å². The van der Waals surface area contributed by atoms with Crippen molar-refractivity contribution in [2.24, 2.45) is 0 Å². The van der Waals surface area contributed by atoms with Crippen molar-refractivity contribution in [3.05, 3.63) is 42.0 Å². The van der Waals surface area contributed by atoms with Crippen LogP contribution in [0.3, 0.4) is 0 Å². The Morgan fingerprint density at radius 2 is 1.57 bits per heavy atom. The SMILES string of the molecule is COc1ccc(Oc2cccc(OC)c2OC)cc1C=O. The fourth-order valence-electron chi connectivity index (χ4n) is 1.93. The number of rotatable bonds is 6. The van der Waals surface area contributed by atoms with Gasteiger partial charge in [0, 0.05) is 0 Å². The summed E-state index contributed by atoms with van der Waals surface area (Å²) in [5.74, 6) is 2.56. The van der Waals surface area contributed by atoms with E-state index in [1.807, 2.05) is 0 Å². The van der Waals surface area contributed by atoms with Gasteiger partial charge < -0.3 is 18.9 Å². The minimum atomic E-state index is 0.414. The predicted octanol–water partition coefficient (Wildman–Crippen LogP) is 3.32. The second kappa shape index (κ2) is 6.65. The van der Waals surface area contributed by atoms with Gasteiger partial charge in [-0.1, -0.05) is 6.07 Å². The van der Waals surface area contributed by atoms with Gasteiger partial charge in [0.25, 0.3) is 0 Å². The third kappa shape index (κ3) is 3.08. The molecule has 0 aromatic heterocycles. The van der Waals surface area contributed by atoms with Crippen molar-refractivity contribution in [2.75, 3.05) is 21.3 Å². The Hall–Kier alpha value is -2.69. The molecule has 0 fully saturated rings. The molecule has 0 bridgehead atoms. The zero-order chi connectivity index (χ0) is 15.2. The highest BCUT2D eigenvalue weighted by Gasteiger charge is 2.12. The fraction of sp³-hybridized carbons (Fsp3) is 0.188. The van der Waals surface area contributed by atoms with E-state index in [0.717, 1.165) is 0 Å². The first kappa shape index (κ1) is 14.7. The summed E-state index contributed by atoms with van der Waals surface area (Å²) in [7, 11) is 4.60. The van der Waals surface area contributed by atoms with Gasteiger partial charge in [-0.3, -0.25) is 4.79 Å². The van der Waals surface area contributed by atoms with Crippen molar-refractivity contribution in [1.29, 1.82) is 0 Å². The fourth-order valence-corrected chi connectivity index (χ4v) is 1.93. The van der Waals surface area contributed by atoms with Crippen LogP contribution in [0.15, 0.2) is 36.4 Å².